The zero-order chi connectivity index (χ0) is 12.8. The van der Waals surface area contributed by atoms with Crippen LogP contribution < -0.4 is 10.1 Å². The van der Waals surface area contributed by atoms with E-state index in [-0.39, 0.29) is 12.1 Å². The third-order valence-electron chi connectivity index (χ3n) is 2.60. The van der Waals surface area contributed by atoms with Crippen molar-refractivity contribution in [3.05, 3.63) is 40.9 Å². The van der Waals surface area contributed by atoms with Crippen LogP contribution in [0, 0.1) is 0 Å². The van der Waals surface area contributed by atoms with Crippen molar-refractivity contribution >= 4 is 15.9 Å². The van der Waals surface area contributed by atoms with E-state index in [0.717, 1.165) is 16.8 Å². The molecule has 0 aromatic heterocycles. The van der Waals surface area contributed by atoms with Gasteiger partial charge in [0.15, 0.2) is 0 Å². The van der Waals surface area contributed by atoms with E-state index in [2.05, 4.69) is 47.7 Å². The fraction of sp³-hybridized carbons (Fsp3) is 0.429. The number of nitrogens with one attached hydrogen (secondary N) is 1. The summed E-state index contributed by atoms with van der Waals surface area (Å²) in [6, 6.07) is 6.40. The highest BCUT2D eigenvalue weighted by Gasteiger charge is 2.12. The molecule has 0 radical (unpaired) electrons. The number of ether oxygens (including phenoxy) is 1. The van der Waals surface area contributed by atoms with Crippen molar-refractivity contribution in [2.24, 2.45) is 0 Å². The molecule has 0 heterocycles. The van der Waals surface area contributed by atoms with Crippen molar-refractivity contribution in [2.45, 2.75) is 32.9 Å². The molecule has 1 aromatic carbocycles. The van der Waals surface area contributed by atoms with Crippen LogP contribution in [0.2, 0.25) is 0 Å². The van der Waals surface area contributed by atoms with Gasteiger partial charge in [0.2, 0.25) is 0 Å². The van der Waals surface area contributed by atoms with Gasteiger partial charge >= 0.3 is 0 Å². The van der Waals surface area contributed by atoms with E-state index in [1.165, 1.54) is 5.56 Å². The molecule has 2 unspecified atom stereocenters. The second-order valence-corrected chi connectivity index (χ2v) is 4.94. The number of benzene rings is 1. The molecule has 0 aliphatic heterocycles. The predicted octanol–water partition coefficient (Wildman–Crippen LogP) is 4.07. The van der Waals surface area contributed by atoms with Gasteiger partial charge in [0.05, 0.1) is 0 Å². The lowest BCUT2D eigenvalue weighted by atomic mass is 10.1. The zero-order valence-electron chi connectivity index (χ0n) is 10.7. The van der Waals surface area contributed by atoms with E-state index in [1.54, 1.807) is 6.08 Å². The van der Waals surface area contributed by atoms with Crippen LogP contribution in [-0.4, -0.2) is 12.6 Å². The molecule has 94 valence electrons. The molecule has 0 aliphatic carbocycles. The molecule has 0 amide bonds. The molecule has 0 bridgehead atoms. The van der Waals surface area contributed by atoms with Gasteiger partial charge in [-0.05, 0) is 32.5 Å². The lowest BCUT2D eigenvalue weighted by molar-refractivity contribution is 0.265. The fourth-order valence-corrected chi connectivity index (χ4v) is 1.97. The standard InChI is InChI=1S/C14H20BrNO/c1-5-10(3)17-14-9-12(15)7-8-13(14)11(4)16-6-2/h5,7-11,16H,1,6H2,2-4H3. The largest absolute Gasteiger partial charge is 0.486 e. The van der Waals surface area contributed by atoms with E-state index in [1.807, 2.05) is 19.1 Å². The number of hydrogen-bond acceptors (Lipinski definition) is 2. The van der Waals surface area contributed by atoms with E-state index in [4.69, 9.17) is 4.74 Å². The second kappa shape index (κ2) is 6.82. The summed E-state index contributed by atoms with van der Waals surface area (Å²) in [6.07, 6.45) is 1.81. The van der Waals surface area contributed by atoms with Gasteiger partial charge in [-0.15, -0.1) is 0 Å². The Balaban J connectivity index is 2.98. The highest BCUT2D eigenvalue weighted by atomic mass is 79.9. The van der Waals surface area contributed by atoms with E-state index < -0.39 is 0 Å². The fourth-order valence-electron chi connectivity index (χ4n) is 1.63. The van der Waals surface area contributed by atoms with Crippen LogP contribution in [0.4, 0.5) is 0 Å². The molecule has 0 saturated carbocycles. The summed E-state index contributed by atoms with van der Waals surface area (Å²) in [5.41, 5.74) is 1.17. The first-order valence-electron chi connectivity index (χ1n) is 5.90. The molecule has 17 heavy (non-hydrogen) atoms. The average Bonchev–Trinajstić information content (AvgIpc) is 2.29. The summed E-state index contributed by atoms with van der Waals surface area (Å²) in [6.45, 7) is 10.9. The summed E-state index contributed by atoms with van der Waals surface area (Å²) in [4.78, 5) is 0. The third kappa shape index (κ3) is 4.17. The topological polar surface area (TPSA) is 21.3 Å². The maximum atomic E-state index is 5.85. The van der Waals surface area contributed by atoms with Crippen molar-refractivity contribution in [1.82, 2.24) is 5.32 Å². The lowest BCUT2D eigenvalue weighted by Gasteiger charge is -2.20. The van der Waals surface area contributed by atoms with Crippen molar-refractivity contribution in [3.8, 4) is 5.75 Å². The Morgan fingerprint density at radius 1 is 1.47 bits per heavy atom. The zero-order valence-corrected chi connectivity index (χ0v) is 12.3. The Bertz CT molecular complexity index is 378. The van der Waals surface area contributed by atoms with E-state index >= 15 is 0 Å². The van der Waals surface area contributed by atoms with Gasteiger partial charge in [0.1, 0.15) is 11.9 Å². The molecule has 2 nitrogen and oxygen atoms in total. The van der Waals surface area contributed by atoms with Crippen molar-refractivity contribution < 1.29 is 4.74 Å². The van der Waals surface area contributed by atoms with Gasteiger partial charge in [-0.2, -0.15) is 0 Å². The van der Waals surface area contributed by atoms with Crippen molar-refractivity contribution in [1.29, 1.82) is 0 Å². The number of halogens is 1. The maximum Gasteiger partial charge on any atom is 0.126 e. The second-order valence-electron chi connectivity index (χ2n) is 4.02. The quantitative estimate of drug-likeness (QED) is 0.799. The molecule has 1 N–H and O–H groups in total. The minimum absolute atomic E-state index is 0.0110. The van der Waals surface area contributed by atoms with Crippen LogP contribution in [0.15, 0.2) is 35.3 Å². The first kappa shape index (κ1) is 14.3. The van der Waals surface area contributed by atoms with Gasteiger partial charge in [0.25, 0.3) is 0 Å². The van der Waals surface area contributed by atoms with Crippen LogP contribution in [0.3, 0.4) is 0 Å². The van der Waals surface area contributed by atoms with Crippen LogP contribution in [0.5, 0.6) is 5.75 Å². The molecule has 2 atom stereocenters. The summed E-state index contributed by atoms with van der Waals surface area (Å²) < 4.78 is 6.88. The SMILES string of the molecule is C=CC(C)Oc1cc(Br)ccc1C(C)NCC. The summed E-state index contributed by atoms with van der Waals surface area (Å²) in [5, 5.41) is 3.39. The Morgan fingerprint density at radius 2 is 2.18 bits per heavy atom. The van der Waals surface area contributed by atoms with Gasteiger partial charge in [-0.1, -0.05) is 41.6 Å². The molecule has 0 saturated heterocycles. The van der Waals surface area contributed by atoms with E-state index in [0.29, 0.717) is 0 Å². The molecule has 0 aliphatic rings. The molecule has 0 fully saturated rings. The van der Waals surface area contributed by atoms with Gasteiger partial charge in [-0.25, -0.2) is 0 Å². The summed E-state index contributed by atoms with van der Waals surface area (Å²) >= 11 is 3.47. The average molecular weight is 298 g/mol. The van der Waals surface area contributed by atoms with Gasteiger partial charge in [0, 0.05) is 16.1 Å². The molecule has 3 heteroatoms. The first-order valence-corrected chi connectivity index (χ1v) is 6.69. The summed E-state index contributed by atoms with van der Waals surface area (Å²) in [5.74, 6) is 0.903. The molecule has 1 rings (SSSR count). The monoisotopic (exact) mass is 297 g/mol. The molecule has 0 spiro atoms. The Hall–Kier alpha value is -0.800. The van der Waals surface area contributed by atoms with Gasteiger partial charge in [-0.3, -0.25) is 0 Å². The van der Waals surface area contributed by atoms with Crippen LogP contribution in [0.1, 0.15) is 32.4 Å². The maximum absolute atomic E-state index is 5.85. The lowest BCUT2D eigenvalue weighted by Crippen LogP contribution is -2.19. The van der Waals surface area contributed by atoms with Crippen LogP contribution in [0.25, 0.3) is 0 Å². The number of rotatable bonds is 6. The highest BCUT2D eigenvalue weighted by Crippen LogP contribution is 2.29. The first-order chi connectivity index (χ1) is 8.08. The smallest absolute Gasteiger partial charge is 0.126 e. The predicted molar refractivity (Wildman–Crippen MR) is 76.5 cm³/mol. The third-order valence-corrected chi connectivity index (χ3v) is 3.09. The Labute approximate surface area is 112 Å². The highest BCUT2D eigenvalue weighted by molar-refractivity contribution is 9.10. The van der Waals surface area contributed by atoms with Crippen LogP contribution in [-0.2, 0) is 0 Å². The molecule has 1 aromatic rings. The van der Waals surface area contributed by atoms with E-state index in [9.17, 15) is 0 Å². The van der Waals surface area contributed by atoms with Crippen LogP contribution >= 0.6 is 15.9 Å². The minimum atomic E-state index is 0.0110. The number of hydrogen-bond donors (Lipinski definition) is 1. The van der Waals surface area contributed by atoms with Crippen molar-refractivity contribution in [2.75, 3.05) is 6.54 Å². The summed E-state index contributed by atoms with van der Waals surface area (Å²) in [7, 11) is 0. The van der Waals surface area contributed by atoms with Crippen molar-refractivity contribution in [3.63, 3.8) is 0 Å². The molecular formula is C14H20BrNO. The normalized spacial score (nSPS) is 14.1. The Kier molecular flexibility index (Phi) is 5.72. The Morgan fingerprint density at radius 3 is 2.76 bits per heavy atom. The van der Waals surface area contributed by atoms with Gasteiger partial charge < -0.3 is 10.1 Å². The molecular weight excluding hydrogens is 278 g/mol. The minimum Gasteiger partial charge on any atom is -0.486 e.